The van der Waals surface area contributed by atoms with E-state index in [2.05, 4.69) is 0 Å². The van der Waals surface area contributed by atoms with Crippen molar-refractivity contribution < 1.29 is 14.3 Å². The Bertz CT molecular complexity index is 490. The summed E-state index contributed by atoms with van der Waals surface area (Å²) in [6.45, 7) is 0.0640. The van der Waals surface area contributed by atoms with Crippen molar-refractivity contribution in [3.05, 3.63) is 23.2 Å². The van der Waals surface area contributed by atoms with Gasteiger partial charge >= 0.3 is 6.03 Å². The Morgan fingerprint density at radius 2 is 2.06 bits per heavy atom. The molecule has 3 amide bonds. The molecular weight excluding hydrogens is 244 g/mol. The van der Waals surface area contributed by atoms with E-state index in [9.17, 15) is 9.59 Å². The molecule has 0 saturated carbocycles. The molecule has 0 atom stereocenters. The second-order valence-electron chi connectivity index (χ2n) is 3.68. The first-order valence-corrected chi connectivity index (χ1v) is 5.34. The van der Waals surface area contributed by atoms with Crippen LogP contribution in [0.4, 0.5) is 10.5 Å². The number of ether oxygens (including phenoxy) is 1. The smallest absolute Gasteiger partial charge is 0.331 e. The van der Waals surface area contributed by atoms with E-state index < -0.39 is 0 Å². The summed E-state index contributed by atoms with van der Waals surface area (Å²) in [6.07, 6.45) is 0. The monoisotopic (exact) mass is 254 g/mol. The summed E-state index contributed by atoms with van der Waals surface area (Å²) in [6, 6.07) is 4.42. The van der Waals surface area contributed by atoms with Gasteiger partial charge in [0.1, 0.15) is 12.3 Å². The Kier molecular flexibility index (Phi) is 2.93. The fourth-order valence-corrected chi connectivity index (χ4v) is 1.86. The third-order valence-corrected chi connectivity index (χ3v) is 2.76. The first-order chi connectivity index (χ1) is 8.04. The molecule has 6 heteroatoms. The second-order valence-corrected chi connectivity index (χ2v) is 4.12. The number of rotatable bonds is 2. The van der Waals surface area contributed by atoms with Crippen LogP contribution >= 0.6 is 11.6 Å². The number of hydrogen-bond acceptors (Lipinski definition) is 3. The van der Waals surface area contributed by atoms with Crippen LogP contribution in [0.3, 0.4) is 0 Å². The van der Waals surface area contributed by atoms with Crippen LogP contribution in [0.1, 0.15) is 0 Å². The molecule has 5 nitrogen and oxygen atoms in total. The van der Waals surface area contributed by atoms with Gasteiger partial charge in [-0.1, -0.05) is 11.6 Å². The fourth-order valence-electron chi connectivity index (χ4n) is 1.69. The average Bonchev–Trinajstić information content (AvgIpc) is 2.53. The Balaban J connectivity index is 2.49. The SMILES string of the molecule is COc1ccc(Cl)cc1N1C(=O)CN(C)C1=O. The highest BCUT2D eigenvalue weighted by atomic mass is 35.5. The van der Waals surface area contributed by atoms with Crippen LogP contribution in [0.15, 0.2) is 18.2 Å². The van der Waals surface area contributed by atoms with Crippen LogP contribution in [0, 0.1) is 0 Å². The Labute approximate surface area is 104 Å². The molecule has 0 bridgehead atoms. The van der Waals surface area contributed by atoms with E-state index in [1.54, 1.807) is 19.2 Å². The summed E-state index contributed by atoms with van der Waals surface area (Å²) in [5.74, 6) is 0.143. The molecule has 0 N–H and O–H groups in total. The number of likely N-dealkylation sites (N-methyl/N-ethyl adjacent to an activating group) is 1. The third kappa shape index (κ3) is 1.93. The van der Waals surface area contributed by atoms with Crippen molar-refractivity contribution in [2.45, 2.75) is 0 Å². The maximum atomic E-state index is 11.8. The molecule has 17 heavy (non-hydrogen) atoms. The van der Waals surface area contributed by atoms with E-state index >= 15 is 0 Å². The number of imide groups is 1. The third-order valence-electron chi connectivity index (χ3n) is 2.52. The molecule has 0 unspecified atom stereocenters. The number of urea groups is 1. The molecule has 1 aliphatic heterocycles. The molecule has 1 fully saturated rings. The summed E-state index contributed by atoms with van der Waals surface area (Å²) >= 11 is 5.87. The van der Waals surface area contributed by atoms with Crippen molar-refractivity contribution in [1.82, 2.24) is 4.90 Å². The summed E-state index contributed by atoms with van der Waals surface area (Å²) < 4.78 is 5.12. The highest BCUT2D eigenvalue weighted by Gasteiger charge is 2.36. The fraction of sp³-hybridized carbons (Fsp3) is 0.273. The van der Waals surface area contributed by atoms with Gasteiger partial charge in [0.2, 0.25) is 0 Å². The van der Waals surface area contributed by atoms with E-state index in [1.807, 2.05) is 0 Å². The zero-order chi connectivity index (χ0) is 12.6. The van der Waals surface area contributed by atoms with E-state index in [-0.39, 0.29) is 18.5 Å². The number of anilines is 1. The maximum absolute atomic E-state index is 11.8. The van der Waals surface area contributed by atoms with E-state index in [1.165, 1.54) is 18.1 Å². The first kappa shape index (κ1) is 11.7. The van der Waals surface area contributed by atoms with Crippen LogP contribution in [-0.2, 0) is 4.79 Å². The highest BCUT2D eigenvalue weighted by Crippen LogP contribution is 2.33. The molecule has 1 saturated heterocycles. The van der Waals surface area contributed by atoms with Gasteiger partial charge in [0, 0.05) is 12.1 Å². The van der Waals surface area contributed by atoms with Crippen molar-refractivity contribution in [3.8, 4) is 5.75 Å². The second kappa shape index (κ2) is 4.25. The van der Waals surface area contributed by atoms with Gasteiger partial charge in [-0.3, -0.25) is 4.79 Å². The number of benzene rings is 1. The lowest BCUT2D eigenvalue weighted by Gasteiger charge is -2.17. The molecule has 0 spiro atoms. The molecule has 0 aliphatic carbocycles. The normalized spacial score (nSPS) is 15.7. The average molecular weight is 255 g/mol. The number of carbonyl (C=O) groups is 2. The van der Waals surface area contributed by atoms with E-state index in [0.29, 0.717) is 16.5 Å². The standard InChI is InChI=1S/C11H11ClN2O3/c1-13-6-10(15)14(11(13)16)8-5-7(12)3-4-9(8)17-2/h3-5H,6H2,1-2H3. The molecule has 1 aromatic rings. The number of hydrogen-bond donors (Lipinski definition) is 0. The van der Waals surface area contributed by atoms with Crippen LogP contribution in [0.25, 0.3) is 0 Å². The van der Waals surface area contributed by atoms with Gasteiger partial charge in [0.25, 0.3) is 5.91 Å². The molecular formula is C11H11ClN2O3. The van der Waals surface area contributed by atoms with Crippen molar-refractivity contribution in [1.29, 1.82) is 0 Å². The zero-order valence-electron chi connectivity index (χ0n) is 9.44. The maximum Gasteiger partial charge on any atom is 0.331 e. The van der Waals surface area contributed by atoms with Crippen molar-refractivity contribution in [2.75, 3.05) is 25.6 Å². The zero-order valence-corrected chi connectivity index (χ0v) is 10.2. The van der Waals surface area contributed by atoms with Crippen LogP contribution in [0.5, 0.6) is 5.75 Å². The van der Waals surface area contributed by atoms with Crippen molar-refractivity contribution >= 4 is 29.2 Å². The topological polar surface area (TPSA) is 49.9 Å². The lowest BCUT2D eigenvalue weighted by molar-refractivity contribution is -0.116. The molecule has 2 rings (SSSR count). The largest absolute Gasteiger partial charge is 0.495 e. The summed E-state index contributed by atoms with van der Waals surface area (Å²) in [5, 5.41) is 0.441. The van der Waals surface area contributed by atoms with Crippen LogP contribution < -0.4 is 9.64 Å². The minimum Gasteiger partial charge on any atom is -0.495 e. The van der Waals surface area contributed by atoms with Gasteiger partial charge in [0.15, 0.2) is 0 Å². The number of halogens is 1. The number of carbonyl (C=O) groups excluding carboxylic acids is 2. The molecule has 90 valence electrons. The summed E-state index contributed by atoms with van der Waals surface area (Å²) in [4.78, 5) is 26.0. The molecule has 0 aromatic heterocycles. The lowest BCUT2D eigenvalue weighted by atomic mass is 10.2. The quantitative estimate of drug-likeness (QED) is 0.756. The van der Waals surface area contributed by atoms with Crippen LogP contribution in [0.2, 0.25) is 5.02 Å². The molecule has 1 aromatic carbocycles. The summed E-state index contributed by atoms with van der Waals surface area (Å²) in [7, 11) is 3.04. The predicted octanol–water partition coefficient (Wildman–Crippen LogP) is 1.75. The van der Waals surface area contributed by atoms with Gasteiger partial charge < -0.3 is 9.64 Å². The highest BCUT2D eigenvalue weighted by molar-refractivity contribution is 6.31. The summed E-state index contributed by atoms with van der Waals surface area (Å²) in [5.41, 5.74) is 0.374. The lowest BCUT2D eigenvalue weighted by Crippen LogP contribution is -2.31. The number of methoxy groups -OCH3 is 1. The van der Waals surface area contributed by atoms with Gasteiger partial charge in [-0.2, -0.15) is 0 Å². The van der Waals surface area contributed by atoms with Crippen molar-refractivity contribution in [3.63, 3.8) is 0 Å². The molecule has 0 radical (unpaired) electrons. The van der Waals surface area contributed by atoms with Crippen molar-refractivity contribution in [2.24, 2.45) is 0 Å². The van der Waals surface area contributed by atoms with Gasteiger partial charge in [-0.15, -0.1) is 0 Å². The van der Waals surface area contributed by atoms with E-state index in [0.717, 1.165) is 4.90 Å². The minimum atomic E-state index is -0.379. The Morgan fingerprint density at radius 1 is 1.35 bits per heavy atom. The molecule has 1 heterocycles. The van der Waals surface area contributed by atoms with E-state index in [4.69, 9.17) is 16.3 Å². The number of nitrogens with zero attached hydrogens (tertiary/aromatic N) is 2. The Hall–Kier alpha value is -1.75. The first-order valence-electron chi connectivity index (χ1n) is 4.96. The Morgan fingerprint density at radius 3 is 2.59 bits per heavy atom. The van der Waals surface area contributed by atoms with Gasteiger partial charge in [0.05, 0.1) is 12.8 Å². The molecule has 1 aliphatic rings. The number of amides is 3. The van der Waals surface area contributed by atoms with Gasteiger partial charge in [-0.25, -0.2) is 9.69 Å². The van der Waals surface area contributed by atoms with Crippen LogP contribution in [-0.4, -0.2) is 37.5 Å². The van der Waals surface area contributed by atoms with Gasteiger partial charge in [-0.05, 0) is 18.2 Å². The predicted molar refractivity (Wildman–Crippen MR) is 63.5 cm³/mol. The minimum absolute atomic E-state index is 0.0640.